The molecule has 0 saturated heterocycles. The number of nitrogens with zero attached hydrogens (tertiary/aromatic N) is 1. The van der Waals surface area contributed by atoms with Crippen molar-refractivity contribution in [1.29, 1.82) is 0 Å². The second-order valence-corrected chi connectivity index (χ2v) is 7.12. The van der Waals surface area contributed by atoms with E-state index in [0.29, 0.717) is 16.6 Å². The molecule has 5 nitrogen and oxygen atoms in total. The Morgan fingerprint density at radius 3 is 2.91 bits per heavy atom. The summed E-state index contributed by atoms with van der Waals surface area (Å²) in [7, 11) is 0. The number of fused-ring (bicyclic) bond motifs is 1. The molecule has 0 radical (unpaired) electrons. The quantitative estimate of drug-likeness (QED) is 0.766. The van der Waals surface area contributed by atoms with Gasteiger partial charge in [0, 0.05) is 0 Å². The van der Waals surface area contributed by atoms with Gasteiger partial charge in [0.05, 0.1) is 16.7 Å². The molecule has 1 atom stereocenters. The minimum Gasteiger partial charge on any atom is -0.383 e. The van der Waals surface area contributed by atoms with Gasteiger partial charge in [-0.1, -0.05) is 38.1 Å². The van der Waals surface area contributed by atoms with Crippen molar-refractivity contribution in [3.05, 3.63) is 51.3 Å². The number of aryl methyl sites for hydroxylation is 1. The number of halogens is 1. The van der Waals surface area contributed by atoms with Crippen LogP contribution in [0.1, 0.15) is 53.5 Å². The average Bonchev–Trinajstić information content (AvgIpc) is 3.07. The van der Waals surface area contributed by atoms with Gasteiger partial charge >= 0.3 is 0 Å². The topological polar surface area (TPSA) is 78.0 Å². The summed E-state index contributed by atoms with van der Waals surface area (Å²) in [6.45, 7) is 4.23. The lowest BCUT2D eigenvalue weighted by molar-refractivity contribution is 0.0368. The first-order chi connectivity index (χ1) is 10.9. The summed E-state index contributed by atoms with van der Waals surface area (Å²) in [6.07, 6.45) is 1.44. The average molecular weight is 378 g/mol. The minimum atomic E-state index is -1.00. The van der Waals surface area contributed by atoms with Crippen LogP contribution in [0, 0.1) is 0 Å². The number of aromatic amines is 1. The maximum atomic E-state index is 12.4. The molecule has 2 aromatic rings. The molecule has 23 heavy (non-hydrogen) atoms. The highest BCUT2D eigenvalue weighted by molar-refractivity contribution is 9.10. The van der Waals surface area contributed by atoms with Crippen LogP contribution in [0.15, 0.2) is 28.7 Å². The Bertz CT molecular complexity index is 741. The van der Waals surface area contributed by atoms with Gasteiger partial charge in [-0.2, -0.15) is 5.10 Å². The number of hydrogen-bond acceptors (Lipinski definition) is 3. The van der Waals surface area contributed by atoms with Crippen molar-refractivity contribution >= 4 is 21.8 Å². The third-order valence-electron chi connectivity index (χ3n) is 4.39. The molecule has 0 spiro atoms. The second kappa shape index (κ2) is 6.09. The smallest absolute Gasteiger partial charge is 0.273 e. The fourth-order valence-corrected chi connectivity index (χ4v) is 3.85. The van der Waals surface area contributed by atoms with Gasteiger partial charge in [-0.15, -0.1) is 0 Å². The molecule has 0 aliphatic heterocycles. The summed E-state index contributed by atoms with van der Waals surface area (Å²) in [5, 5.41) is 20.6. The van der Waals surface area contributed by atoms with Gasteiger partial charge in [-0.05, 0) is 45.8 Å². The van der Waals surface area contributed by atoms with Gasteiger partial charge < -0.3 is 10.4 Å². The van der Waals surface area contributed by atoms with Crippen LogP contribution < -0.4 is 5.32 Å². The lowest BCUT2D eigenvalue weighted by Gasteiger charge is -2.24. The van der Waals surface area contributed by atoms with Crippen molar-refractivity contribution in [1.82, 2.24) is 15.5 Å². The van der Waals surface area contributed by atoms with E-state index in [1.165, 1.54) is 0 Å². The predicted octanol–water partition coefficient (Wildman–Crippen LogP) is 2.86. The van der Waals surface area contributed by atoms with Crippen molar-refractivity contribution in [2.75, 3.05) is 6.54 Å². The van der Waals surface area contributed by atoms with Crippen LogP contribution in [0.2, 0.25) is 0 Å². The number of aliphatic hydroxyl groups is 1. The third kappa shape index (κ3) is 2.93. The molecule has 1 aromatic heterocycles. The zero-order valence-electron chi connectivity index (χ0n) is 13.2. The summed E-state index contributed by atoms with van der Waals surface area (Å²) < 4.78 is 0.684. The van der Waals surface area contributed by atoms with Crippen molar-refractivity contribution < 1.29 is 9.90 Å². The summed E-state index contributed by atoms with van der Waals surface area (Å²) in [6, 6.07) is 7.83. The first-order valence-electron chi connectivity index (χ1n) is 7.75. The lowest BCUT2D eigenvalue weighted by Crippen LogP contribution is -2.39. The molecule has 1 aliphatic rings. The normalized spacial score (nSPS) is 19.9. The van der Waals surface area contributed by atoms with Crippen LogP contribution in [0.4, 0.5) is 0 Å². The fourth-order valence-electron chi connectivity index (χ4n) is 3.04. The molecule has 1 aromatic carbocycles. The van der Waals surface area contributed by atoms with Crippen molar-refractivity contribution in [2.24, 2.45) is 0 Å². The van der Waals surface area contributed by atoms with E-state index in [0.717, 1.165) is 23.2 Å². The third-order valence-corrected chi connectivity index (χ3v) is 5.20. The standard InChI is InChI=1S/C17H20BrN3O2/c1-10(2)14-13(18)15(21-20-14)16(22)19-9-17(23)8-7-11-5-3-4-6-12(11)17/h3-6,10,23H,7-9H2,1-2H3,(H,19,22)(H,20,21)/t17-/m0/s1. The molecule has 122 valence electrons. The van der Waals surface area contributed by atoms with Gasteiger partial charge in [-0.3, -0.25) is 9.89 Å². The second-order valence-electron chi connectivity index (χ2n) is 6.33. The molecule has 3 rings (SSSR count). The Morgan fingerprint density at radius 2 is 2.22 bits per heavy atom. The van der Waals surface area contributed by atoms with Crippen LogP contribution in [-0.4, -0.2) is 27.8 Å². The number of aromatic nitrogens is 2. The zero-order chi connectivity index (χ0) is 16.6. The van der Waals surface area contributed by atoms with Crippen LogP contribution in [0.3, 0.4) is 0 Å². The first-order valence-corrected chi connectivity index (χ1v) is 8.54. The number of carbonyl (C=O) groups is 1. The Morgan fingerprint density at radius 1 is 1.48 bits per heavy atom. The maximum absolute atomic E-state index is 12.4. The summed E-state index contributed by atoms with van der Waals surface area (Å²) in [4.78, 5) is 12.4. The van der Waals surface area contributed by atoms with Crippen LogP contribution in [0.25, 0.3) is 0 Å². The molecule has 6 heteroatoms. The van der Waals surface area contributed by atoms with Crippen molar-refractivity contribution in [2.45, 2.75) is 38.2 Å². The number of hydrogen-bond donors (Lipinski definition) is 3. The van der Waals surface area contributed by atoms with E-state index in [9.17, 15) is 9.90 Å². The Hall–Kier alpha value is -1.66. The van der Waals surface area contributed by atoms with Gasteiger partial charge in [0.1, 0.15) is 5.60 Å². The van der Waals surface area contributed by atoms with Crippen molar-refractivity contribution in [3.8, 4) is 0 Å². The van der Waals surface area contributed by atoms with Gasteiger partial charge in [0.25, 0.3) is 5.91 Å². The van der Waals surface area contributed by atoms with Gasteiger partial charge in [0.2, 0.25) is 0 Å². The summed E-state index contributed by atoms with van der Waals surface area (Å²) in [5.41, 5.74) is 2.26. The highest BCUT2D eigenvalue weighted by atomic mass is 79.9. The molecule has 0 fully saturated rings. The molecule has 1 heterocycles. The highest BCUT2D eigenvalue weighted by Gasteiger charge is 2.37. The Balaban J connectivity index is 1.73. The molecule has 0 bridgehead atoms. The number of H-pyrrole nitrogens is 1. The molecule has 3 N–H and O–H groups in total. The number of benzene rings is 1. The molecular formula is C17H20BrN3O2. The summed E-state index contributed by atoms with van der Waals surface area (Å²) >= 11 is 3.43. The van der Waals surface area contributed by atoms with E-state index in [1.807, 2.05) is 38.1 Å². The SMILES string of the molecule is CC(C)c1[nH]nc(C(=O)NC[C@@]2(O)CCc3ccccc32)c1Br. The number of carbonyl (C=O) groups excluding carboxylic acids is 1. The van der Waals surface area contributed by atoms with E-state index in [1.54, 1.807) is 0 Å². The fraction of sp³-hybridized carbons (Fsp3) is 0.412. The first kappa shape index (κ1) is 16.2. The van der Waals surface area contributed by atoms with E-state index in [-0.39, 0.29) is 18.4 Å². The maximum Gasteiger partial charge on any atom is 0.273 e. The van der Waals surface area contributed by atoms with E-state index in [4.69, 9.17) is 0 Å². The molecule has 1 aliphatic carbocycles. The van der Waals surface area contributed by atoms with Crippen LogP contribution in [0.5, 0.6) is 0 Å². The number of nitrogens with one attached hydrogen (secondary N) is 2. The number of amides is 1. The van der Waals surface area contributed by atoms with Gasteiger partial charge in [0.15, 0.2) is 5.69 Å². The van der Waals surface area contributed by atoms with Gasteiger partial charge in [-0.25, -0.2) is 0 Å². The highest BCUT2D eigenvalue weighted by Crippen LogP contribution is 2.36. The largest absolute Gasteiger partial charge is 0.383 e. The minimum absolute atomic E-state index is 0.180. The van der Waals surface area contributed by atoms with E-state index >= 15 is 0 Å². The lowest BCUT2D eigenvalue weighted by atomic mass is 9.96. The van der Waals surface area contributed by atoms with Crippen molar-refractivity contribution in [3.63, 3.8) is 0 Å². The van der Waals surface area contributed by atoms with Crippen LogP contribution in [-0.2, 0) is 12.0 Å². The molecule has 0 unspecified atom stereocenters. The van der Waals surface area contributed by atoms with E-state index in [2.05, 4.69) is 31.4 Å². The molecular weight excluding hydrogens is 358 g/mol. The number of rotatable bonds is 4. The van der Waals surface area contributed by atoms with E-state index < -0.39 is 5.60 Å². The Labute approximate surface area is 143 Å². The van der Waals surface area contributed by atoms with Crippen LogP contribution >= 0.6 is 15.9 Å². The monoisotopic (exact) mass is 377 g/mol. The molecule has 1 amide bonds. The predicted molar refractivity (Wildman–Crippen MR) is 91.4 cm³/mol. The Kier molecular flexibility index (Phi) is 4.29. The summed E-state index contributed by atoms with van der Waals surface area (Å²) in [5.74, 6) is -0.0536. The molecule has 0 saturated carbocycles. The zero-order valence-corrected chi connectivity index (χ0v) is 14.8.